The molecular weight excluding hydrogens is 142 g/mol. The van der Waals surface area contributed by atoms with Gasteiger partial charge in [-0.3, -0.25) is 0 Å². The minimum absolute atomic E-state index is 0.206. The van der Waals surface area contributed by atoms with Gasteiger partial charge in [0, 0.05) is 12.1 Å². The van der Waals surface area contributed by atoms with E-state index in [0.717, 1.165) is 0 Å². The molecule has 0 saturated heterocycles. The molecule has 11 heavy (non-hydrogen) atoms. The first kappa shape index (κ1) is 7.53. The van der Waals surface area contributed by atoms with E-state index in [0.29, 0.717) is 0 Å². The van der Waals surface area contributed by atoms with Crippen LogP contribution in [0, 0.1) is 0 Å². The van der Waals surface area contributed by atoms with Gasteiger partial charge in [0.25, 0.3) is 0 Å². The second-order valence-electron chi connectivity index (χ2n) is 2.07. The maximum atomic E-state index is 10.7. The molecule has 1 heterocycles. The normalized spacial score (nSPS) is 11.5. The van der Waals surface area contributed by atoms with Crippen molar-refractivity contribution in [2.24, 2.45) is 10.9 Å². The van der Waals surface area contributed by atoms with Crippen molar-refractivity contribution in [3.63, 3.8) is 0 Å². The number of hydrogen-bond acceptors (Lipinski definition) is 3. The highest BCUT2D eigenvalue weighted by molar-refractivity contribution is 5.69. The van der Waals surface area contributed by atoms with E-state index in [1.54, 1.807) is 17.0 Å². The molecule has 0 bridgehead atoms. The van der Waals surface area contributed by atoms with Gasteiger partial charge < -0.3 is 10.9 Å². The van der Waals surface area contributed by atoms with Gasteiger partial charge >= 0.3 is 0 Å². The number of hydrogen-bond donors (Lipinski definition) is 1. The average molecular weight is 151 g/mol. The van der Waals surface area contributed by atoms with E-state index in [4.69, 9.17) is 5.84 Å². The Bertz CT molecular complexity index is 245. The number of nitrogens with zero attached hydrogens (tertiary/aromatic N) is 2. The smallest absolute Gasteiger partial charge is 0.178 e. The van der Waals surface area contributed by atoms with E-state index in [-0.39, 0.29) is 12.4 Å². The monoisotopic (exact) mass is 151 g/mol. The number of hydrazone groups is 1. The second-order valence-corrected chi connectivity index (χ2v) is 2.07. The zero-order valence-electron chi connectivity index (χ0n) is 5.97. The number of pyridine rings is 1. The Balaban J connectivity index is 2.65. The number of rotatable bonds is 2. The summed E-state index contributed by atoms with van der Waals surface area (Å²) in [4.78, 5) is 0. The number of aromatic nitrogens is 1. The first-order valence-corrected chi connectivity index (χ1v) is 3.21. The third-order valence-corrected chi connectivity index (χ3v) is 1.24. The van der Waals surface area contributed by atoms with Crippen LogP contribution >= 0.6 is 0 Å². The van der Waals surface area contributed by atoms with Crippen molar-refractivity contribution in [2.75, 3.05) is 0 Å². The summed E-state index contributed by atoms with van der Waals surface area (Å²) in [6.07, 6.45) is 3.56. The topological polar surface area (TPSA) is 65.3 Å². The summed E-state index contributed by atoms with van der Waals surface area (Å²) in [5, 5.41) is 13.7. The van der Waals surface area contributed by atoms with Gasteiger partial charge in [0.1, 0.15) is 0 Å². The molecule has 4 nitrogen and oxygen atoms in total. The predicted octanol–water partition coefficient (Wildman–Crippen LogP) is -1.39. The summed E-state index contributed by atoms with van der Waals surface area (Å²) in [6, 6.07) is 5.55. The van der Waals surface area contributed by atoms with Crippen LogP contribution in [-0.2, 0) is 6.54 Å². The SMILES string of the molecule is NN=C([O-])C[n+]1ccccc1. The van der Waals surface area contributed by atoms with Crippen LogP contribution in [0.25, 0.3) is 0 Å². The molecular formula is C7H9N3O. The van der Waals surface area contributed by atoms with Crippen molar-refractivity contribution >= 4 is 5.90 Å². The van der Waals surface area contributed by atoms with E-state index in [1.807, 2.05) is 18.2 Å². The van der Waals surface area contributed by atoms with Gasteiger partial charge in [-0.15, -0.1) is 0 Å². The zero-order chi connectivity index (χ0) is 8.10. The summed E-state index contributed by atoms with van der Waals surface area (Å²) in [5.41, 5.74) is 0. The molecule has 4 heteroatoms. The molecule has 2 N–H and O–H groups in total. The van der Waals surface area contributed by atoms with Gasteiger partial charge in [0.05, 0.1) is 5.90 Å². The van der Waals surface area contributed by atoms with Gasteiger partial charge in [0.15, 0.2) is 18.9 Å². The van der Waals surface area contributed by atoms with Crippen LogP contribution in [0.1, 0.15) is 0 Å². The van der Waals surface area contributed by atoms with Crippen molar-refractivity contribution in [3.05, 3.63) is 30.6 Å². The molecule has 0 fully saturated rings. The minimum atomic E-state index is -0.332. The Labute approximate surface area is 64.6 Å². The number of nitrogens with two attached hydrogens (primary N) is 1. The third kappa shape index (κ3) is 2.25. The lowest BCUT2D eigenvalue weighted by molar-refractivity contribution is -0.687. The fourth-order valence-electron chi connectivity index (χ4n) is 0.737. The summed E-state index contributed by atoms with van der Waals surface area (Å²) in [5.74, 6) is 4.45. The van der Waals surface area contributed by atoms with E-state index in [2.05, 4.69) is 5.10 Å². The standard InChI is InChI=1S/C7H9N3O/c8-9-7(11)6-10-4-2-1-3-5-10/h1-5H,6,8H2. The maximum absolute atomic E-state index is 10.7. The molecule has 1 aromatic heterocycles. The van der Waals surface area contributed by atoms with Crippen molar-refractivity contribution in [1.82, 2.24) is 0 Å². The van der Waals surface area contributed by atoms with Crippen molar-refractivity contribution in [1.29, 1.82) is 0 Å². The molecule has 1 rings (SSSR count). The fraction of sp³-hybridized carbons (Fsp3) is 0.143. The summed E-state index contributed by atoms with van der Waals surface area (Å²) in [6.45, 7) is 0.206. The molecule has 58 valence electrons. The Hall–Kier alpha value is -1.58. The Kier molecular flexibility index (Phi) is 2.43. The van der Waals surface area contributed by atoms with Crippen molar-refractivity contribution < 1.29 is 9.67 Å². The summed E-state index contributed by atoms with van der Waals surface area (Å²) in [7, 11) is 0. The van der Waals surface area contributed by atoms with Crippen LogP contribution < -0.4 is 15.5 Å². The molecule has 0 spiro atoms. The molecule has 0 aliphatic rings. The van der Waals surface area contributed by atoms with Crippen LogP contribution in [0.5, 0.6) is 0 Å². The van der Waals surface area contributed by atoms with Crippen molar-refractivity contribution in [3.8, 4) is 0 Å². The van der Waals surface area contributed by atoms with Crippen molar-refractivity contribution in [2.45, 2.75) is 6.54 Å². The van der Waals surface area contributed by atoms with Gasteiger partial charge in [-0.05, 0) is 0 Å². The average Bonchev–Trinajstić information content (AvgIpc) is 2.06. The summed E-state index contributed by atoms with van der Waals surface area (Å²) < 4.78 is 1.71. The molecule has 0 atom stereocenters. The van der Waals surface area contributed by atoms with E-state index in [9.17, 15) is 5.11 Å². The molecule has 0 radical (unpaired) electrons. The van der Waals surface area contributed by atoms with Gasteiger partial charge in [-0.25, -0.2) is 4.57 Å². The Morgan fingerprint density at radius 2 is 2.00 bits per heavy atom. The minimum Gasteiger partial charge on any atom is -0.856 e. The zero-order valence-corrected chi connectivity index (χ0v) is 5.97. The lowest BCUT2D eigenvalue weighted by Crippen LogP contribution is -2.42. The molecule has 0 amide bonds. The molecule has 0 saturated carbocycles. The van der Waals surface area contributed by atoms with Crippen LogP contribution in [0.15, 0.2) is 35.7 Å². The molecule has 0 unspecified atom stereocenters. The fourth-order valence-corrected chi connectivity index (χ4v) is 0.737. The lowest BCUT2D eigenvalue weighted by Gasteiger charge is -2.02. The van der Waals surface area contributed by atoms with Crippen LogP contribution in [0.3, 0.4) is 0 Å². The third-order valence-electron chi connectivity index (χ3n) is 1.24. The van der Waals surface area contributed by atoms with E-state index >= 15 is 0 Å². The molecule has 0 aliphatic heterocycles. The highest BCUT2D eigenvalue weighted by Gasteiger charge is 1.94. The van der Waals surface area contributed by atoms with E-state index in [1.165, 1.54) is 0 Å². The highest BCUT2D eigenvalue weighted by atomic mass is 16.3. The Morgan fingerprint density at radius 1 is 1.36 bits per heavy atom. The first-order chi connectivity index (χ1) is 5.33. The largest absolute Gasteiger partial charge is 0.856 e. The highest BCUT2D eigenvalue weighted by Crippen LogP contribution is 1.76. The van der Waals surface area contributed by atoms with Crippen LogP contribution in [0.4, 0.5) is 0 Å². The quantitative estimate of drug-likeness (QED) is 0.186. The molecule has 0 aromatic carbocycles. The van der Waals surface area contributed by atoms with Gasteiger partial charge in [-0.2, -0.15) is 5.10 Å². The molecule has 0 aliphatic carbocycles. The molecule has 1 aromatic rings. The Morgan fingerprint density at radius 3 is 2.55 bits per heavy atom. The first-order valence-electron chi connectivity index (χ1n) is 3.21. The van der Waals surface area contributed by atoms with Gasteiger partial charge in [0.2, 0.25) is 0 Å². The van der Waals surface area contributed by atoms with Gasteiger partial charge in [-0.1, -0.05) is 6.07 Å². The van der Waals surface area contributed by atoms with Crippen LogP contribution in [0.2, 0.25) is 0 Å². The lowest BCUT2D eigenvalue weighted by atomic mass is 10.5. The predicted molar refractivity (Wildman–Crippen MR) is 38.3 cm³/mol. The van der Waals surface area contributed by atoms with Crippen LogP contribution in [-0.4, -0.2) is 5.90 Å². The summed E-state index contributed by atoms with van der Waals surface area (Å²) >= 11 is 0. The second kappa shape index (κ2) is 3.55. The maximum Gasteiger partial charge on any atom is 0.178 e. The van der Waals surface area contributed by atoms with E-state index < -0.39 is 0 Å².